The normalized spacial score (nSPS) is 17.3. The summed E-state index contributed by atoms with van der Waals surface area (Å²) < 4.78 is 15.6. The van der Waals surface area contributed by atoms with Crippen molar-refractivity contribution in [1.29, 1.82) is 0 Å². The zero-order valence-corrected chi connectivity index (χ0v) is 22.7. The molecule has 0 saturated carbocycles. The van der Waals surface area contributed by atoms with Crippen LogP contribution in [0, 0.1) is 5.82 Å². The predicted octanol–water partition coefficient (Wildman–Crippen LogP) is 6.12. The molecule has 0 aliphatic carbocycles. The van der Waals surface area contributed by atoms with Gasteiger partial charge >= 0.3 is 0 Å². The van der Waals surface area contributed by atoms with Crippen LogP contribution in [0.25, 0.3) is 16.9 Å². The second kappa shape index (κ2) is 10.9. The van der Waals surface area contributed by atoms with Gasteiger partial charge in [0, 0.05) is 29.2 Å². The number of thioether (sulfide) groups is 1. The zero-order valence-electron chi connectivity index (χ0n) is 21.1. The number of carbonyl (C=O) groups is 2. The van der Waals surface area contributed by atoms with E-state index in [1.165, 1.54) is 23.9 Å². The fraction of sp³-hybridized carbons (Fsp3) is 0.233. The lowest BCUT2D eigenvalue weighted by Crippen LogP contribution is -2.43. The summed E-state index contributed by atoms with van der Waals surface area (Å²) in [5.41, 5.74) is 3.92. The third-order valence-corrected chi connectivity index (χ3v) is 8.60. The Hall–Kier alpha value is -3.62. The van der Waals surface area contributed by atoms with E-state index >= 15 is 0 Å². The van der Waals surface area contributed by atoms with Gasteiger partial charge in [-0.25, -0.2) is 9.07 Å². The number of halogens is 2. The summed E-state index contributed by atoms with van der Waals surface area (Å²) in [6, 6.07) is 23.4. The van der Waals surface area contributed by atoms with Crippen molar-refractivity contribution in [2.24, 2.45) is 0 Å². The lowest BCUT2D eigenvalue weighted by molar-refractivity contribution is -0.130. The molecule has 1 aromatic heterocycles. The summed E-state index contributed by atoms with van der Waals surface area (Å²) in [4.78, 5) is 30.5. The average molecular weight is 561 g/mol. The molecule has 1 fully saturated rings. The van der Waals surface area contributed by atoms with E-state index in [2.05, 4.69) is 0 Å². The van der Waals surface area contributed by atoms with E-state index in [9.17, 15) is 14.0 Å². The zero-order chi connectivity index (χ0) is 26.9. The van der Waals surface area contributed by atoms with Gasteiger partial charge in [0.1, 0.15) is 18.2 Å². The molecule has 0 radical (unpaired) electrons. The molecule has 2 amide bonds. The summed E-state index contributed by atoms with van der Waals surface area (Å²) in [6.07, 6.45) is 1.92. The van der Waals surface area contributed by atoms with Gasteiger partial charge in [-0.3, -0.25) is 14.5 Å². The molecule has 0 bridgehead atoms. The van der Waals surface area contributed by atoms with E-state index in [1.54, 1.807) is 21.7 Å². The van der Waals surface area contributed by atoms with Gasteiger partial charge in [0.2, 0.25) is 11.8 Å². The highest BCUT2D eigenvalue weighted by atomic mass is 35.5. The van der Waals surface area contributed by atoms with Crippen LogP contribution in [0.2, 0.25) is 5.02 Å². The Morgan fingerprint density at radius 3 is 2.46 bits per heavy atom. The minimum atomic E-state index is -0.371. The minimum absolute atomic E-state index is 0.0875. The molecule has 1 saturated heterocycles. The van der Waals surface area contributed by atoms with Crippen LogP contribution in [0.5, 0.6) is 0 Å². The minimum Gasteiger partial charge on any atom is -0.341 e. The Labute approximate surface area is 235 Å². The van der Waals surface area contributed by atoms with Crippen LogP contribution in [0.3, 0.4) is 0 Å². The fourth-order valence-electron chi connectivity index (χ4n) is 5.23. The van der Waals surface area contributed by atoms with Gasteiger partial charge in [-0.15, -0.1) is 11.8 Å². The molecule has 3 aromatic carbocycles. The highest BCUT2D eigenvalue weighted by Gasteiger charge is 2.38. The fourth-order valence-corrected chi connectivity index (χ4v) is 6.61. The summed E-state index contributed by atoms with van der Waals surface area (Å²) >= 11 is 7.90. The van der Waals surface area contributed by atoms with E-state index in [0.717, 1.165) is 29.5 Å². The maximum atomic E-state index is 13.9. The molecule has 39 heavy (non-hydrogen) atoms. The van der Waals surface area contributed by atoms with Crippen LogP contribution in [-0.2, 0) is 9.59 Å². The van der Waals surface area contributed by atoms with E-state index in [-0.39, 0.29) is 35.2 Å². The molecule has 198 valence electrons. The van der Waals surface area contributed by atoms with Crippen LogP contribution in [0.4, 0.5) is 10.2 Å². The topological polar surface area (TPSA) is 58.4 Å². The number of hydrogen-bond donors (Lipinski definition) is 0. The third-order valence-electron chi connectivity index (χ3n) is 7.11. The Morgan fingerprint density at radius 1 is 1.00 bits per heavy atom. The van der Waals surface area contributed by atoms with Crippen molar-refractivity contribution in [2.45, 2.75) is 18.1 Å². The van der Waals surface area contributed by atoms with Crippen molar-refractivity contribution >= 4 is 41.0 Å². The number of fused-ring (bicyclic) bond motifs is 1. The summed E-state index contributed by atoms with van der Waals surface area (Å²) in [7, 11) is 0. The number of amides is 2. The highest BCUT2D eigenvalue weighted by molar-refractivity contribution is 8.00. The number of hydrogen-bond acceptors (Lipinski definition) is 4. The average Bonchev–Trinajstić information content (AvgIpc) is 3.59. The first-order chi connectivity index (χ1) is 19.0. The predicted molar refractivity (Wildman–Crippen MR) is 153 cm³/mol. The molecule has 3 heterocycles. The van der Waals surface area contributed by atoms with Crippen LogP contribution in [0.15, 0.2) is 78.9 Å². The van der Waals surface area contributed by atoms with Crippen molar-refractivity contribution in [2.75, 3.05) is 30.3 Å². The molecular formula is C30H26ClFN4O2S. The van der Waals surface area contributed by atoms with Crippen molar-refractivity contribution in [1.82, 2.24) is 14.7 Å². The number of likely N-dealkylation sites (tertiary alicyclic amines) is 1. The second-order valence-electron chi connectivity index (χ2n) is 9.65. The Kier molecular flexibility index (Phi) is 7.14. The van der Waals surface area contributed by atoms with Crippen LogP contribution in [0.1, 0.15) is 29.2 Å². The van der Waals surface area contributed by atoms with Gasteiger partial charge in [-0.1, -0.05) is 54.1 Å². The van der Waals surface area contributed by atoms with E-state index in [1.807, 2.05) is 59.5 Å². The molecular weight excluding hydrogens is 535 g/mol. The molecule has 0 spiro atoms. The van der Waals surface area contributed by atoms with Crippen molar-refractivity contribution < 1.29 is 14.0 Å². The van der Waals surface area contributed by atoms with E-state index < -0.39 is 0 Å². The second-order valence-corrected chi connectivity index (χ2v) is 11.2. The lowest BCUT2D eigenvalue weighted by Gasteiger charge is -2.25. The number of rotatable bonds is 5. The van der Waals surface area contributed by atoms with Crippen molar-refractivity contribution in [3.63, 3.8) is 0 Å². The van der Waals surface area contributed by atoms with Crippen LogP contribution in [-0.4, -0.2) is 51.9 Å². The van der Waals surface area contributed by atoms with E-state index in [4.69, 9.17) is 16.7 Å². The molecule has 2 aliphatic rings. The number of anilines is 1. The van der Waals surface area contributed by atoms with Gasteiger partial charge in [-0.05, 0) is 54.8 Å². The largest absolute Gasteiger partial charge is 0.341 e. The van der Waals surface area contributed by atoms with Crippen LogP contribution >= 0.6 is 23.4 Å². The number of aromatic nitrogens is 2. The lowest BCUT2D eigenvalue weighted by atomic mass is 9.99. The molecule has 6 nitrogen and oxygen atoms in total. The standard InChI is InChI=1S/C30H26ClFN4O2S/c31-22-10-6-9-21(17-22)29-27-28(20-7-2-1-3-8-20)33-36(24-13-11-23(32)12-14-24)30(27)35(26(38)19-39-29)18-25(37)34-15-4-5-16-34/h1-3,6-14,17,29H,4-5,15-16,18-19H2. The summed E-state index contributed by atoms with van der Waals surface area (Å²) in [6.45, 7) is 1.30. The maximum Gasteiger partial charge on any atom is 0.242 e. The molecule has 2 aliphatic heterocycles. The molecule has 4 aromatic rings. The Bertz CT molecular complexity index is 1520. The molecule has 0 N–H and O–H groups in total. The first kappa shape index (κ1) is 25.6. The van der Waals surface area contributed by atoms with Crippen molar-refractivity contribution in [3.05, 3.63) is 101 Å². The van der Waals surface area contributed by atoms with Crippen LogP contribution < -0.4 is 4.90 Å². The molecule has 9 heteroatoms. The van der Waals surface area contributed by atoms with E-state index in [0.29, 0.717) is 35.3 Å². The molecule has 1 atom stereocenters. The highest BCUT2D eigenvalue weighted by Crippen LogP contribution is 2.48. The smallest absolute Gasteiger partial charge is 0.242 e. The summed E-state index contributed by atoms with van der Waals surface area (Å²) in [5, 5.41) is 5.34. The van der Waals surface area contributed by atoms with Gasteiger partial charge in [0.15, 0.2) is 0 Å². The van der Waals surface area contributed by atoms with Crippen molar-refractivity contribution in [3.8, 4) is 16.9 Å². The number of benzene rings is 3. The molecule has 1 unspecified atom stereocenters. The Morgan fingerprint density at radius 2 is 1.74 bits per heavy atom. The number of carbonyl (C=O) groups excluding carboxylic acids is 2. The van der Waals surface area contributed by atoms with Gasteiger partial charge in [0.25, 0.3) is 0 Å². The Balaban J connectivity index is 1.60. The molecule has 6 rings (SSSR count). The third kappa shape index (κ3) is 5.06. The van der Waals surface area contributed by atoms with Gasteiger partial charge in [0.05, 0.1) is 22.4 Å². The summed E-state index contributed by atoms with van der Waals surface area (Å²) in [5.74, 6) is 0.0571. The monoisotopic (exact) mass is 560 g/mol. The first-order valence-electron chi connectivity index (χ1n) is 12.9. The van der Waals surface area contributed by atoms with Gasteiger partial charge in [-0.2, -0.15) is 5.10 Å². The maximum absolute atomic E-state index is 13.9. The SMILES string of the molecule is O=C(CN1C(=O)CSC(c2cccc(Cl)c2)c2c(-c3ccccc3)nn(-c3ccc(F)cc3)c21)N1CCCC1. The van der Waals surface area contributed by atoms with Gasteiger partial charge < -0.3 is 4.90 Å². The quantitative estimate of drug-likeness (QED) is 0.295. The first-order valence-corrected chi connectivity index (χ1v) is 14.3. The number of nitrogens with zero attached hydrogens (tertiary/aromatic N) is 4.